The highest BCUT2D eigenvalue weighted by atomic mass is 32.2. The average Bonchev–Trinajstić information content (AvgIpc) is 2.34. The molecule has 1 amide bonds. The Morgan fingerprint density at radius 2 is 1.71 bits per heavy atom. The molecule has 7 heteroatoms. The molecule has 0 bridgehead atoms. The maximum absolute atomic E-state index is 11.9. The molecule has 0 fully saturated rings. The van der Waals surface area contributed by atoms with Crippen LogP contribution in [-0.4, -0.2) is 38.5 Å². The minimum atomic E-state index is -3.43. The van der Waals surface area contributed by atoms with Crippen molar-refractivity contribution in [1.82, 2.24) is 9.62 Å². The van der Waals surface area contributed by atoms with Gasteiger partial charge in [0, 0.05) is 20.6 Å². The maximum atomic E-state index is 11.9. The Kier molecular flexibility index (Phi) is 5.36. The Morgan fingerprint density at radius 1 is 1.19 bits per heavy atom. The van der Waals surface area contributed by atoms with Crippen molar-refractivity contribution in [3.8, 4) is 0 Å². The van der Waals surface area contributed by atoms with Gasteiger partial charge in [-0.3, -0.25) is 0 Å². The summed E-state index contributed by atoms with van der Waals surface area (Å²) in [5.74, 6) is 0. The zero-order valence-corrected chi connectivity index (χ0v) is 13.8. The van der Waals surface area contributed by atoms with Crippen LogP contribution in [0.1, 0.15) is 26.3 Å². The largest absolute Gasteiger partial charge is 0.444 e. The molecule has 1 aromatic carbocycles. The molecule has 0 unspecified atom stereocenters. The highest BCUT2D eigenvalue weighted by molar-refractivity contribution is 7.89. The first-order valence-corrected chi connectivity index (χ1v) is 7.95. The van der Waals surface area contributed by atoms with Crippen LogP contribution in [0.25, 0.3) is 0 Å². The molecule has 0 atom stereocenters. The fraction of sp³-hybridized carbons (Fsp3) is 0.500. The molecule has 21 heavy (non-hydrogen) atoms. The van der Waals surface area contributed by atoms with Crippen LogP contribution in [0.5, 0.6) is 0 Å². The van der Waals surface area contributed by atoms with Crippen LogP contribution in [0.3, 0.4) is 0 Å². The molecule has 6 nitrogen and oxygen atoms in total. The van der Waals surface area contributed by atoms with Gasteiger partial charge < -0.3 is 10.1 Å². The monoisotopic (exact) mass is 314 g/mol. The number of nitrogens with zero attached hydrogens (tertiary/aromatic N) is 1. The fourth-order valence-electron chi connectivity index (χ4n) is 1.48. The molecular weight excluding hydrogens is 292 g/mol. The second-order valence-electron chi connectivity index (χ2n) is 5.79. The van der Waals surface area contributed by atoms with Crippen LogP contribution >= 0.6 is 0 Å². The van der Waals surface area contributed by atoms with E-state index in [9.17, 15) is 13.2 Å². The summed E-state index contributed by atoms with van der Waals surface area (Å²) in [6, 6.07) is 6.35. The Labute approximate surface area is 126 Å². The number of nitrogens with one attached hydrogen (secondary N) is 1. The maximum Gasteiger partial charge on any atom is 0.407 e. The van der Waals surface area contributed by atoms with E-state index in [-0.39, 0.29) is 11.4 Å². The Balaban J connectivity index is 2.66. The first-order chi connectivity index (χ1) is 9.52. The first-order valence-electron chi connectivity index (χ1n) is 6.51. The van der Waals surface area contributed by atoms with Crippen molar-refractivity contribution in [3.63, 3.8) is 0 Å². The van der Waals surface area contributed by atoms with E-state index in [0.717, 1.165) is 9.87 Å². The lowest BCUT2D eigenvalue weighted by molar-refractivity contribution is 0.0523. The minimum absolute atomic E-state index is 0.216. The molecule has 118 valence electrons. The molecule has 0 aromatic heterocycles. The quantitative estimate of drug-likeness (QED) is 0.922. The average molecular weight is 314 g/mol. The van der Waals surface area contributed by atoms with Gasteiger partial charge >= 0.3 is 6.09 Å². The SMILES string of the molecule is CN(C)S(=O)(=O)c1ccc(CNC(=O)OC(C)(C)C)cc1. The van der Waals surface area contributed by atoms with E-state index in [1.807, 2.05) is 0 Å². The number of hydrogen-bond donors (Lipinski definition) is 1. The Morgan fingerprint density at radius 3 is 2.14 bits per heavy atom. The lowest BCUT2D eigenvalue weighted by Crippen LogP contribution is -2.32. The summed E-state index contributed by atoms with van der Waals surface area (Å²) in [4.78, 5) is 11.7. The molecule has 0 saturated heterocycles. The molecule has 1 rings (SSSR count). The minimum Gasteiger partial charge on any atom is -0.444 e. The topological polar surface area (TPSA) is 75.7 Å². The lowest BCUT2D eigenvalue weighted by atomic mass is 10.2. The van der Waals surface area contributed by atoms with Gasteiger partial charge in [-0.1, -0.05) is 12.1 Å². The van der Waals surface area contributed by atoms with Gasteiger partial charge in [0.2, 0.25) is 10.0 Å². The number of carbonyl (C=O) groups excluding carboxylic acids is 1. The third kappa shape index (κ3) is 5.35. The predicted molar refractivity (Wildman–Crippen MR) is 80.4 cm³/mol. The first kappa shape index (κ1) is 17.5. The number of amides is 1. The summed E-state index contributed by atoms with van der Waals surface area (Å²) in [6.07, 6.45) is -0.507. The van der Waals surface area contributed by atoms with Crippen molar-refractivity contribution in [2.24, 2.45) is 0 Å². The van der Waals surface area contributed by atoms with Crippen LogP contribution in [0.4, 0.5) is 4.79 Å². The molecule has 0 heterocycles. The normalized spacial score (nSPS) is 12.3. The van der Waals surface area contributed by atoms with Crippen molar-refractivity contribution in [2.75, 3.05) is 14.1 Å². The van der Waals surface area contributed by atoms with Gasteiger partial charge in [-0.2, -0.15) is 0 Å². The molecule has 0 aliphatic rings. The molecular formula is C14H22N2O4S. The van der Waals surface area contributed by atoms with Crippen molar-refractivity contribution in [3.05, 3.63) is 29.8 Å². The third-order valence-corrected chi connectivity index (χ3v) is 4.37. The van der Waals surface area contributed by atoms with Gasteiger partial charge in [0.15, 0.2) is 0 Å². The van der Waals surface area contributed by atoms with Crippen molar-refractivity contribution >= 4 is 16.1 Å². The number of sulfonamides is 1. The molecule has 0 radical (unpaired) electrons. The van der Waals surface area contributed by atoms with E-state index in [1.54, 1.807) is 32.9 Å². The number of hydrogen-bond acceptors (Lipinski definition) is 4. The summed E-state index contributed by atoms with van der Waals surface area (Å²) in [5, 5.41) is 2.62. The number of carbonyl (C=O) groups is 1. The van der Waals surface area contributed by atoms with E-state index >= 15 is 0 Å². The van der Waals surface area contributed by atoms with Crippen LogP contribution in [0.2, 0.25) is 0 Å². The van der Waals surface area contributed by atoms with Gasteiger partial charge in [0.25, 0.3) is 0 Å². The molecule has 1 aromatic rings. The lowest BCUT2D eigenvalue weighted by Gasteiger charge is -2.19. The summed E-state index contributed by atoms with van der Waals surface area (Å²) >= 11 is 0. The summed E-state index contributed by atoms with van der Waals surface area (Å²) < 4.78 is 30.1. The van der Waals surface area contributed by atoms with Crippen LogP contribution < -0.4 is 5.32 Å². The number of ether oxygens (including phenoxy) is 1. The number of benzene rings is 1. The van der Waals surface area contributed by atoms with E-state index < -0.39 is 21.7 Å². The summed E-state index contributed by atoms with van der Waals surface area (Å²) in [6.45, 7) is 5.63. The van der Waals surface area contributed by atoms with E-state index in [1.165, 1.54) is 26.2 Å². The van der Waals surface area contributed by atoms with E-state index in [2.05, 4.69) is 5.32 Å². The van der Waals surface area contributed by atoms with E-state index in [4.69, 9.17) is 4.74 Å². The Bertz CT molecular complexity index is 586. The molecule has 0 saturated carbocycles. The van der Waals surface area contributed by atoms with Gasteiger partial charge in [0.05, 0.1) is 4.90 Å². The highest BCUT2D eigenvalue weighted by Crippen LogP contribution is 2.14. The third-order valence-electron chi connectivity index (χ3n) is 2.54. The molecule has 0 aliphatic carbocycles. The predicted octanol–water partition coefficient (Wildman–Crippen LogP) is 1.96. The second kappa shape index (κ2) is 6.44. The zero-order valence-electron chi connectivity index (χ0n) is 13.0. The van der Waals surface area contributed by atoms with E-state index in [0.29, 0.717) is 0 Å². The van der Waals surface area contributed by atoms with Gasteiger partial charge in [0.1, 0.15) is 5.60 Å². The standard InChI is InChI=1S/C14H22N2O4S/c1-14(2,3)20-13(17)15-10-11-6-8-12(9-7-11)21(18,19)16(4)5/h6-9H,10H2,1-5H3,(H,15,17). The fourth-order valence-corrected chi connectivity index (χ4v) is 2.38. The van der Waals surface area contributed by atoms with Gasteiger partial charge in [-0.05, 0) is 38.5 Å². The summed E-state index contributed by atoms with van der Waals surface area (Å²) in [5.41, 5.74) is 0.242. The van der Waals surface area contributed by atoms with Crippen molar-refractivity contribution in [1.29, 1.82) is 0 Å². The van der Waals surface area contributed by atoms with Crippen molar-refractivity contribution < 1.29 is 17.9 Å². The van der Waals surface area contributed by atoms with Gasteiger partial charge in [-0.25, -0.2) is 17.5 Å². The van der Waals surface area contributed by atoms with Gasteiger partial charge in [-0.15, -0.1) is 0 Å². The van der Waals surface area contributed by atoms with Crippen molar-refractivity contribution in [2.45, 2.75) is 37.8 Å². The molecule has 1 N–H and O–H groups in total. The number of alkyl carbamates (subject to hydrolysis) is 1. The number of rotatable bonds is 4. The van der Waals surface area contributed by atoms with Crippen LogP contribution in [0.15, 0.2) is 29.2 Å². The zero-order chi connectivity index (χ0) is 16.3. The van der Waals surface area contributed by atoms with Crippen LogP contribution in [-0.2, 0) is 21.3 Å². The Hall–Kier alpha value is -1.60. The molecule has 0 spiro atoms. The van der Waals surface area contributed by atoms with Crippen LogP contribution in [0, 0.1) is 0 Å². The second-order valence-corrected chi connectivity index (χ2v) is 7.94. The summed E-state index contributed by atoms with van der Waals surface area (Å²) in [7, 11) is -0.469. The highest BCUT2D eigenvalue weighted by Gasteiger charge is 2.17. The molecule has 0 aliphatic heterocycles. The smallest absolute Gasteiger partial charge is 0.407 e.